The molecular weight excluding hydrogens is 366 g/mol. The molecule has 0 N–H and O–H groups in total. The van der Waals surface area contributed by atoms with E-state index in [-0.39, 0.29) is 0 Å². The van der Waals surface area contributed by atoms with Gasteiger partial charge in [-0.3, -0.25) is 9.91 Å². The number of rotatable bonds is 4. The molecule has 3 aromatic rings. The van der Waals surface area contributed by atoms with Crippen LogP contribution in [0.15, 0.2) is 89.5 Å². The normalized spacial score (nSPS) is 17.4. The molecule has 0 aromatic heterocycles. The number of benzene rings is 3. The number of hydrogen-bond donors (Lipinski definition) is 0. The number of hydrazone groups is 1. The molecule has 0 unspecified atom stereocenters. The molecule has 150 valence electrons. The van der Waals surface area contributed by atoms with Crippen molar-refractivity contribution < 1.29 is 0 Å². The van der Waals surface area contributed by atoms with Crippen molar-refractivity contribution in [1.82, 2.24) is 9.91 Å². The van der Waals surface area contributed by atoms with Gasteiger partial charge in [-0.25, -0.2) is 0 Å². The van der Waals surface area contributed by atoms with Gasteiger partial charge < -0.3 is 0 Å². The Hall–Kier alpha value is -3.17. The Kier molecular flexibility index (Phi) is 5.20. The molecule has 1 heterocycles. The second kappa shape index (κ2) is 8.29. The van der Waals surface area contributed by atoms with Crippen molar-refractivity contribution >= 4 is 12.3 Å². The van der Waals surface area contributed by atoms with Crippen LogP contribution in [0.5, 0.6) is 0 Å². The molecule has 1 saturated heterocycles. The topological polar surface area (TPSA) is 18.8 Å². The average Bonchev–Trinajstić information content (AvgIpc) is 3.13. The van der Waals surface area contributed by atoms with Crippen LogP contribution in [0.1, 0.15) is 29.7 Å². The maximum absolute atomic E-state index is 4.74. The lowest BCUT2D eigenvalue weighted by atomic mass is 10.0. The van der Waals surface area contributed by atoms with E-state index in [1.165, 1.54) is 33.4 Å². The van der Waals surface area contributed by atoms with Crippen molar-refractivity contribution in [1.29, 1.82) is 0 Å². The van der Waals surface area contributed by atoms with Gasteiger partial charge in [0.15, 0.2) is 0 Å². The van der Waals surface area contributed by atoms with E-state index in [1.807, 2.05) is 12.3 Å². The standard InChI is InChI=1S/C27H27N3/c1-21(19-22-9-3-2-4-10-22)20-28-30-17-15-29(16-18-30)27-25-13-7-5-11-23(25)24-12-6-8-14-26(24)27/h2-14,19-20,27H,15-18H2,1H3/b21-19-,28-20-. The number of hydrogen-bond acceptors (Lipinski definition) is 3. The Morgan fingerprint density at radius 2 is 1.33 bits per heavy atom. The molecule has 0 radical (unpaired) electrons. The van der Waals surface area contributed by atoms with E-state index in [4.69, 9.17) is 5.10 Å². The Morgan fingerprint density at radius 1 is 0.767 bits per heavy atom. The van der Waals surface area contributed by atoms with E-state index in [0.29, 0.717) is 6.04 Å². The second-order valence-corrected chi connectivity index (χ2v) is 8.11. The third-order valence-electron chi connectivity index (χ3n) is 6.08. The molecule has 3 heteroatoms. The largest absolute Gasteiger partial charge is 0.294 e. The summed E-state index contributed by atoms with van der Waals surface area (Å²) in [6, 6.07) is 28.5. The number of nitrogens with zero attached hydrogens (tertiary/aromatic N) is 3. The summed E-state index contributed by atoms with van der Waals surface area (Å²) in [4.78, 5) is 2.61. The second-order valence-electron chi connectivity index (χ2n) is 8.11. The smallest absolute Gasteiger partial charge is 0.0615 e. The first-order chi connectivity index (χ1) is 14.8. The first kappa shape index (κ1) is 18.8. The van der Waals surface area contributed by atoms with Gasteiger partial charge in [0.2, 0.25) is 0 Å². The van der Waals surface area contributed by atoms with E-state index >= 15 is 0 Å². The van der Waals surface area contributed by atoms with E-state index in [2.05, 4.69) is 95.7 Å². The van der Waals surface area contributed by atoms with Gasteiger partial charge >= 0.3 is 0 Å². The Labute approximate surface area is 179 Å². The van der Waals surface area contributed by atoms with Gasteiger partial charge in [-0.2, -0.15) is 5.10 Å². The summed E-state index contributed by atoms with van der Waals surface area (Å²) in [5, 5.41) is 6.94. The molecule has 5 rings (SSSR count). The minimum atomic E-state index is 0.364. The zero-order chi connectivity index (χ0) is 20.3. The molecule has 1 aliphatic heterocycles. The van der Waals surface area contributed by atoms with Crippen LogP contribution in [0, 0.1) is 0 Å². The predicted octanol–water partition coefficient (Wildman–Crippen LogP) is 5.46. The molecule has 1 aliphatic carbocycles. The fourth-order valence-corrected chi connectivity index (χ4v) is 4.63. The summed E-state index contributed by atoms with van der Waals surface area (Å²) in [6.45, 7) is 6.06. The summed E-state index contributed by atoms with van der Waals surface area (Å²) in [5.74, 6) is 0. The van der Waals surface area contributed by atoms with Gasteiger partial charge in [0, 0.05) is 32.4 Å². The SMILES string of the molecule is CC(/C=N\N1CCN(C2c3ccccc3-c3ccccc32)CC1)=C/c1ccccc1. The van der Waals surface area contributed by atoms with E-state index in [0.717, 1.165) is 26.2 Å². The summed E-state index contributed by atoms with van der Waals surface area (Å²) < 4.78 is 0. The molecule has 1 fully saturated rings. The number of fused-ring (bicyclic) bond motifs is 3. The number of allylic oxidation sites excluding steroid dienone is 1. The third kappa shape index (κ3) is 3.69. The maximum Gasteiger partial charge on any atom is 0.0615 e. The molecule has 0 saturated carbocycles. The first-order valence-electron chi connectivity index (χ1n) is 10.7. The van der Waals surface area contributed by atoms with Gasteiger partial charge in [0.05, 0.1) is 6.04 Å². The molecule has 0 amide bonds. The lowest BCUT2D eigenvalue weighted by molar-refractivity contribution is 0.114. The third-order valence-corrected chi connectivity index (χ3v) is 6.08. The maximum atomic E-state index is 4.74. The van der Waals surface area contributed by atoms with Gasteiger partial charge in [0.1, 0.15) is 0 Å². The molecular formula is C27H27N3. The Bertz CT molecular complexity index is 1030. The van der Waals surface area contributed by atoms with Gasteiger partial charge in [-0.15, -0.1) is 0 Å². The average molecular weight is 394 g/mol. The summed E-state index contributed by atoms with van der Waals surface area (Å²) >= 11 is 0. The van der Waals surface area contributed by atoms with Crippen molar-refractivity contribution in [2.75, 3.05) is 26.2 Å². The van der Waals surface area contributed by atoms with Gasteiger partial charge in [-0.05, 0) is 40.3 Å². The summed E-state index contributed by atoms with van der Waals surface area (Å²) in [5.41, 5.74) is 8.04. The molecule has 3 nitrogen and oxygen atoms in total. The summed E-state index contributed by atoms with van der Waals surface area (Å²) in [7, 11) is 0. The minimum absolute atomic E-state index is 0.364. The van der Waals surface area contributed by atoms with Crippen LogP contribution in [0.2, 0.25) is 0 Å². The van der Waals surface area contributed by atoms with Gasteiger partial charge in [0.25, 0.3) is 0 Å². The van der Waals surface area contributed by atoms with E-state index < -0.39 is 0 Å². The summed E-state index contributed by atoms with van der Waals surface area (Å²) in [6.07, 6.45) is 4.16. The van der Waals surface area contributed by atoms with Crippen molar-refractivity contribution in [3.63, 3.8) is 0 Å². The highest BCUT2D eigenvalue weighted by molar-refractivity contribution is 5.84. The van der Waals surface area contributed by atoms with E-state index in [1.54, 1.807) is 0 Å². The highest BCUT2D eigenvalue weighted by atomic mass is 15.5. The quantitative estimate of drug-likeness (QED) is 0.548. The first-order valence-corrected chi connectivity index (χ1v) is 10.7. The van der Waals surface area contributed by atoms with Crippen molar-refractivity contribution in [2.24, 2.45) is 5.10 Å². The Morgan fingerprint density at radius 3 is 1.97 bits per heavy atom. The van der Waals surface area contributed by atoms with Crippen LogP contribution in [0.3, 0.4) is 0 Å². The van der Waals surface area contributed by atoms with Crippen molar-refractivity contribution in [3.8, 4) is 11.1 Å². The molecule has 3 aromatic carbocycles. The lowest BCUT2D eigenvalue weighted by Gasteiger charge is -2.37. The minimum Gasteiger partial charge on any atom is -0.294 e. The predicted molar refractivity (Wildman–Crippen MR) is 125 cm³/mol. The van der Waals surface area contributed by atoms with Crippen LogP contribution in [-0.2, 0) is 0 Å². The molecule has 2 aliphatic rings. The fraction of sp³-hybridized carbons (Fsp3) is 0.222. The lowest BCUT2D eigenvalue weighted by Crippen LogP contribution is -2.45. The molecule has 0 bridgehead atoms. The zero-order valence-corrected chi connectivity index (χ0v) is 17.4. The van der Waals surface area contributed by atoms with Crippen LogP contribution >= 0.6 is 0 Å². The molecule has 0 atom stereocenters. The van der Waals surface area contributed by atoms with Crippen LogP contribution in [0.4, 0.5) is 0 Å². The van der Waals surface area contributed by atoms with Crippen molar-refractivity contribution in [3.05, 3.63) is 101 Å². The zero-order valence-electron chi connectivity index (χ0n) is 17.4. The van der Waals surface area contributed by atoms with Crippen LogP contribution in [-0.4, -0.2) is 42.3 Å². The highest BCUT2D eigenvalue weighted by Gasteiger charge is 2.33. The fourth-order valence-electron chi connectivity index (χ4n) is 4.63. The Balaban J connectivity index is 1.27. The van der Waals surface area contributed by atoms with Crippen LogP contribution in [0.25, 0.3) is 17.2 Å². The molecule has 0 spiro atoms. The number of piperazine rings is 1. The molecule has 30 heavy (non-hydrogen) atoms. The van der Waals surface area contributed by atoms with E-state index in [9.17, 15) is 0 Å². The van der Waals surface area contributed by atoms with Crippen molar-refractivity contribution in [2.45, 2.75) is 13.0 Å². The highest BCUT2D eigenvalue weighted by Crippen LogP contribution is 2.46. The monoisotopic (exact) mass is 393 g/mol. The van der Waals surface area contributed by atoms with Crippen LogP contribution < -0.4 is 0 Å². The van der Waals surface area contributed by atoms with Gasteiger partial charge in [-0.1, -0.05) is 84.9 Å².